The Morgan fingerprint density at radius 1 is 0.947 bits per heavy atom. The molecule has 0 aromatic heterocycles. The van der Waals surface area contributed by atoms with Gasteiger partial charge in [0.05, 0.1) is 12.1 Å². The van der Waals surface area contributed by atoms with E-state index in [0.717, 1.165) is 17.6 Å². The zero-order valence-corrected chi connectivity index (χ0v) is 12.1. The van der Waals surface area contributed by atoms with Crippen molar-refractivity contribution in [2.75, 3.05) is 13.1 Å². The van der Waals surface area contributed by atoms with Crippen LogP contribution in [0.25, 0.3) is 0 Å². The lowest BCUT2D eigenvalue weighted by Crippen LogP contribution is -2.52. The van der Waals surface area contributed by atoms with Crippen LogP contribution in [0.5, 0.6) is 0 Å². The van der Waals surface area contributed by atoms with Crippen molar-refractivity contribution >= 4 is 15.9 Å². The van der Waals surface area contributed by atoms with Crippen LogP contribution >= 0.6 is 15.9 Å². The maximum absolute atomic E-state index is 9.56. The molecule has 0 spiro atoms. The van der Waals surface area contributed by atoms with E-state index in [0.29, 0.717) is 0 Å². The van der Waals surface area contributed by atoms with Gasteiger partial charge < -0.3 is 5.11 Å². The van der Waals surface area contributed by atoms with Crippen molar-refractivity contribution < 1.29 is 5.11 Å². The molecule has 3 rings (SSSR count). The lowest BCUT2D eigenvalue weighted by molar-refractivity contribution is -0.0160. The molecule has 0 radical (unpaired) electrons. The van der Waals surface area contributed by atoms with Crippen molar-refractivity contribution in [3.63, 3.8) is 0 Å². The minimum Gasteiger partial charge on any atom is -0.390 e. The van der Waals surface area contributed by atoms with E-state index in [1.807, 2.05) is 6.07 Å². The zero-order valence-electron chi connectivity index (χ0n) is 10.5. The van der Waals surface area contributed by atoms with E-state index in [9.17, 15) is 5.11 Å². The van der Waals surface area contributed by atoms with Gasteiger partial charge in [-0.15, -0.1) is 0 Å². The van der Waals surface area contributed by atoms with Gasteiger partial charge in [0.2, 0.25) is 0 Å². The quantitative estimate of drug-likeness (QED) is 0.939. The van der Waals surface area contributed by atoms with Crippen molar-refractivity contribution in [1.29, 1.82) is 0 Å². The van der Waals surface area contributed by atoms with E-state index in [2.05, 4.69) is 69.4 Å². The van der Waals surface area contributed by atoms with Crippen LogP contribution in [-0.2, 0) is 0 Å². The molecule has 1 aliphatic heterocycles. The lowest BCUT2D eigenvalue weighted by Gasteiger charge is -2.42. The van der Waals surface area contributed by atoms with Crippen LogP contribution in [0.2, 0.25) is 0 Å². The second-order valence-corrected chi connectivity index (χ2v) is 5.89. The summed E-state index contributed by atoms with van der Waals surface area (Å²) in [7, 11) is 0. The molecule has 98 valence electrons. The molecule has 19 heavy (non-hydrogen) atoms. The Morgan fingerprint density at radius 3 is 2.11 bits per heavy atom. The first-order valence-electron chi connectivity index (χ1n) is 6.46. The summed E-state index contributed by atoms with van der Waals surface area (Å²) in [5.74, 6) is 0. The number of aliphatic hydroxyl groups excluding tert-OH is 1. The number of benzene rings is 2. The van der Waals surface area contributed by atoms with Crippen LogP contribution in [0.3, 0.4) is 0 Å². The molecule has 0 unspecified atom stereocenters. The number of nitrogens with zero attached hydrogens (tertiary/aromatic N) is 1. The summed E-state index contributed by atoms with van der Waals surface area (Å²) in [5.41, 5.74) is 2.54. The van der Waals surface area contributed by atoms with Crippen molar-refractivity contribution in [1.82, 2.24) is 4.90 Å². The number of hydrogen-bond donors (Lipinski definition) is 1. The lowest BCUT2D eigenvalue weighted by atomic mass is 9.94. The molecule has 1 heterocycles. The average Bonchev–Trinajstić information content (AvgIpc) is 2.40. The Hall–Kier alpha value is -1.16. The van der Waals surface area contributed by atoms with Gasteiger partial charge in [-0.3, -0.25) is 4.90 Å². The van der Waals surface area contributed by atoms with E-state index < -0.39 is 0 Å². The fourth-order valence-corrected chi connectivity index (χ4v) is 2.86. The van der Waals surface area contributed by atoms with Crippen LogP contribution in [-0.4, -0.2) is 29.2 Å². The number of likely N-dealkylation sites (tertiary alicyclic amines) is 1. The van der Waals surface area contributed by atoms with Crippen LogP contribution < -0.4 is 0 Å². The maximum Gasteiger partial charge on any atom is 0.0794 e. The van der Waals surface area contributed by atoms with Gasteiger partial charge in [-0.1, -0.05) is 58.4 Å². The first-order chi connectivity index (χ1) is 9.24. The van der Waals surface area contributed by atoms with E-state index in [1.165, 1.54) is 11.1 Å². The molecular formula is C16H16BrNO. The van der Waals surface area contributed by atoms with Crippen LogP contribution in [0.1, 0.15) is 17.2 Å². The fourth-order valence-electron chi connectivity index (χ4n) is 2.59. The minimum absolute atomic E-state index is 0.179. The summed E-state index contributed by atoms with van der Waals surface area (Å²) in [4.78, 5) is 2.31. The van der Waals surface area contributed by atoms with Gasteiger partial charge in [-0.2, -0.15) is 0 Å². The van der Waals surface area contributed by atoms with Gasteiger partial charge in [0, 0.05) is 17.6 Å². The largest absolute Gasteiger partial charge is 0.390 e. The van der Waals surface area contributed by atoms with E-state index in [4.69, 9.17) is 0 Å². The predicted octanol–water partition coefficient (Wildman–Crippen LogP) is 3.22. The summed E-state index contributed by atoms with van der Waals surface area (Å²) < 4.78 is 1.09. The molecule has 1 N–H and O–H groups in total. The second-order valence-electron chi connectivity index (χ2n) is 4.97. The van der Waals surface area contributed by atoms with Gasteiger partial charge in [-0.05, 0) is 23.3 Å². The van der Waals surface area contributed by atoms with Crippen molar-refractivity contribution in [3.8, 4) is 0 Å². The van der Waals surface area contributed by atoms with E-state index in [1.54, 1.807) is 0 Å². The number of halogens is 1. The molecule has 0 aliphatic carbocycles. The molecule has 0 amide bonds. The third-order valence-corrected chi connectivity index (χ3v) is 4.09. The third kappa shape index (κ3) is 2.73. The highest BCUT2D eigenvalue weighted by Crippen LogP contribution is 2.32. The van der Waals surface area contributed by atoms with E-state index in [-0.39, 0.29) is 12.1 Å². The van der Waals surface area contributed by atoms with Gasteiger partial charge in [0.15, 0.2) is 0 Å². The van der Waals surface area contributed by atoms with Gasteiger partial charge >= 0.3 is 0 Å². The highest BCUT2D eigenvalue weighted by molar-refractivity contribution is 9.10. The first-order valence-corrected chi connectivity index (χ1v) is 7.26. The Labute approximate surface area is 121 Å². The topological polar surface area (TPSA) is 23.5 Å². The molecule has 2 aromatic carbocycles. The number of β-amino-alcohol motifs (C(OH)–C–C–N with tert-alkyl or cyclic N) is 1. The first kappa shape index (κ1) is 12.9. The summed E-state index contributed by atoms with van der Waals surface area (Å²) in [6.07, 6.45) is -0.179. The SMILES string of the molecule is OC1CN([C@H](c2ccccc2)c2ccc(Br)cc2)C1. The molecule has 1 atom stereocenters. The molecule has 3 heteroatoms. The van der Waals surface area contributed by atoms with E-state index >= 15 is 0 Å². The standard InChI is InChI=1S/C16H16BrNO/c17-14-8-6-13(7-9-14)16(18-10-15(19)11-18)12-4-2-1-3-5-12/h1-9,15-16,19H,10-11H2/t16-/m1/s1. The molecule has 1 aliphatic rings. The Morgan fingerprint density at radius 2 is 1.53 bits per heavy atom. The highest BCUT2D eigenvalue weighted by Gasteiger charge is 2.32. The summed E-state index contributed by atoms with van der Waals surface area (Å²) in [5, 5.41) is 9.56. The maximum atomic E-state index is 9.56. The van der Waals surface area contributed by atoms with Gasteiger partial charge in [0.25, 0.3) is 0 Å². The monoisotopic (exact) mass is 317 g/mol. The van der Waals surface area contributed by atoms with Gasteiger partial charge in [0.1, 0.15) is 0 Å². The summed E-state index contributed by atoms with van der Waals surface area (Å²) >= 11 is 3.47. The Kier molecular flexibility index (Phi) is 3.69. The van der Waals surface area contributed by atoms with Gasteiger partial charge in [-0.25, -0.2) is 0 Å². The highest BCUT2D eigenvalue weighted by atomic mass is 79.9. The zero-order chi connectivity index (χ0) is 13.2. The number of rotatable bonds is 3. The summed E-state index contributed by atoms with van der Waals surface area (Å²) in [6.45, 7) is 1.49. The Bertz CT molecular complexity index is 534. The van der Waals surface area contributed by atoms with Crippen molar-refractivity contribution in [3.05, 3.63) is 70.2 Å². The third-order valence-electron chi connectivity index (χ3n) is 3.56. The fraction of sp³-hybridized carbons (Fsp3) is 0.250. The average molecular weight is 318 g/mol. The molecule has 1 saturated heterocycles. The molecule has 1 fully saturated rings. The molecular weight excluding hydrogens is 302 g/mol. The van der Waals surface area contributed by atoms with Crippen LogP contribution in [0, 0.1) is 0 Å². The van der Waals surface area contributed by atoms with Crippen LogP contribution in [0.4, 0.5) is 0 Å². The molecule has 2 aromatic rings. The second kappa shape index (κ2) is 5.45. The van der Waals surface area contributed by atoms with Crippen molar-refractivity contribution in [2.24, 2.45) is 0 Å². The smallest absolute Gasteiger partial charge is 0.0794 e. The normalized spacial score (nSPS) is 18.0. The van der Waals surface area contributed by atoms with Crippen LogP contribution in [0.15, 0.2) is 59.1 Å². The Balaban J connectivity index is 1.95. The van der Waals surface area contributed by atoms with Crippen molar-refractivity contribution in [2.45, 2.75) is 12.1 Å². The summed E-state index contributed by atoms with van der Waals surface area (Å²) in [6, 6.07) is 19.1. The molecule has 0 saturated carbocycles. The molecule has 0 bridgehead atoms. The number of aliphatic hydroxyl groups is 1. The molecule has 2 nitrogen and oxygen atoms in total. The predicted molar refractivity (Wildman–Crippen MR) is 80.0 cm³/mol. The minimum atomic E-state index is -0.179. The number of hydrogen-bond acceptors (Lipinski definition) is 2.